The Morgan fingerprint density at radius 3 is 2.47 bits per heavy atom. The van der Waals surface area contributed by atoms with Gasteiger partial charge in [0.05, 0.1) is 13.2 Å². The summed E-state index contributed by atoms with van der Waals surface area (Å²) in [4.78, 5) is 25.1. The van der Waals surface area contributed by atoms with Crippen LogP contribution in [0.4, 0.5) is 0 Å². The molecule has 0 aliphatic carbocycles. The number of ether oxygens (including phenoxy) is 1. The number of ketones is 1. The van der Waals surface area contributed by atoms with E-state index in [1.165, 1.54) is 0 Å². The molecule has 0 radical (unpaired) electrons. The molecule has 4 nitrogen and oxygen atoms in total. The van der Waals surface area contributed by atoms with Gasteiger partial charge in [0.15, 0.2) is 0 Å². The van der Waals surface area contributed by atoms with Gasteiger partial charge in [0.2, 0.25) is 5.91 Å². The zero-order valence-corrected chi connectivity index (χ0v) is 11.6. The van der Waals surface area contributed by atoms with Crippen molar-refractivity contribution in [3.8, 4) is 5.75 Å². The van der Waals surface area contributed by atoms with Crippen LogP contribution in [0.5, 0.6) is 5.75 Å². The third kappa shape index (κ3) is 2.78. The van der Waals surface area contributed by atoms with E-state index in [0.717, 1.165) is 11.3 Å². The molecule has 1 unspecified atom stereocenters. The molecular weight excluding hydrogens is 242 g/mol. The molecule has 1 aliphatic rings. The topological polar surface area (TPSA) is 46.6 Å². The van der Waals surface area contributed by atoms with E-state index in [4.69, 9.17) is 4.74 Å². The minimum atomic E-state index is -0.145. The van der Waals surface area contributed by atoms with E-state index >= 15 is 0 Å². The lowest BCUT2D eigenvalue weighted by atomic mass is 10.0. The molecule has 1 amide bonds. The molecule has 2 atom stereocenters. The Kier molecular flexibility index (Phi) is 3.88. The van der Waals surface area contributed by atoms with Crippen LogP contribution in [0.2, 0.25) is 0 Å². The van der Waals surface area contributed by atoms with E-state index in [-0.39, 0.29) is 23.7 Å². The first-order valence-electron chi connectivity index (χ1n) is 6.46. The summed E-state index contributed by atoms with van der Waals surface area (Å²) in [6, 6.07) is 7.67. The van der Waals surface area contributed by atoms with Crippen molar-refractivity contribution in [1.29, 1.82) is 0 Å². The lowest BCUT2D eigenvalue weighted by molar-refractivity contribution is -0.129. The summed E-state index contributed by atoms with van der Waals surface area (Å²) in [5.41, 5.74) is 1.05. The van der Waals surface area contributed by atoms with Crippen LogP contribution >= 0.6 is 0 Å². The summed E-state index contributed by atoms with van der Waals surface area (Å²) < 4.78 is 5.12. The van der Waals surface area contributed by atoms with E-state index in [2.05, 4.69) is 0 Å². The Bertz CT molecular complexity index is 481. The highest BCUT2D eigenvalue weighted by Gasteiger charge is 2.35. The third-order valence-electron chi connectivity index (χ3n) is 3.80. The van der Waals surface area contributed by atoms with Crippen LogP contribution in [-0.4, -0.2) is 30.2 Å². The average molecular weight is 261 g/mol. The highest BCUT2D eigenvalue weighted by Crippen LogP contribution is 2.29. The van der Waals surface area contributed by atoms with Gasteiger partial charge in [0, 0.05) is 18.9 Å². The fourth-order valence-corrected chi connectivity index (χ4v) is 2.44. The van der Waals surface area contributed by atoms with Crippen molar-refractivity contribution in [3.05, 3.63) is 29.8 Å². The number of rotatable bonds is 4. The van der Waals surface area contributed by atoms with Gasteiger partial charge in [-0.05, 0) is 31.5 Å². The molecule has 19 heavy (non-hydrogen) atoms. The molecular formula is C15H19NO3. The molecule has 0 saturated carbocycles. The van der Waals surface area contributed by atoms with Crippen molar-refractivity contribution >= 4 is 11.7 Å². The van der Waals surface area contributed by atoms with E-state index < -0.39 is 0 Å². The Balaban J connectivity index is 2.12. The molecule has 0 aromatic heterocycles. The van der Waals surface area contributed by atoms with Crippen LogP contribution in [0.1, 0.15) is 31.9 Å². The second-order valence-electron chi connectivity index (χ2n) is 5.01. The Hall–Kier alpha value is -1.84. The first-order chi connectivity index (χ1) is 9.02. The zero-order valence-electron chi connectivity index (χ0n) is 11.6. The van der Waals surface area contributed by atoms with Crippen molar-refractivity contribution < 1.29 is 14.3 Å². The molecule has 1 fully saturated rings. The normalized spacial score (nSPS) is 20.5. The van der Waals surface area contributed by atoms with Gasteiger partial charge < -0.3 is 9.64 Å². The number of carbonyl (C=O) groups excluding carboxylic acids is 2. The number of hydrogen-bond acceptors (Lipinski definition) is 3. The maximum atomic E-state index is 12.0. The maximum absolute atomic E-state index is 12.0. The Labute approximate surface area is 113 Å². The van der Waals surface area contributed by atoms with E-state index in [1.807, 2.05) is 31.2 Å². The highest BCUT2D eigenvalue weighted by molar-refractivity contribution is 5.89. The van der Waals surface area contributed by atoms with Crippen LogP contribution in [0.3, 0.4) is 0 Å². The molecule has 1 aromatic carbocycles. The van der Waals surface area contributed by atoms with Gasteiger partial charge >= 0.3 is 0 Å². The van der Waals surface area contributed by atoms with Crippen molar-refractivity contribution in [3.63, 3.8) is 0 Å². The van der Waals surface area contributed by atoms with Crippen molar-refractivity contribution in [2.75, 3.05) is 13.7 Å². The van der Waals surface area contributed by atoms with Gasteiger partial charge in [-0.2, -0.15) is 0 Å². The van der Waals surface area contributed by atoms with Crippen molar-refractivity contribution in [1.82, 2.24) is 4.90 Å². The average Bonchev–Trinajstić information content (AvgIpc) is 2.80. The number of nitrogens with zero attached hydrogens (tertiary/aromatic N) is 1. The van der Waals surface area contributed by atoms with Crippen molar-refractivity contribution in [2.24, 2.45) is 5.92 Å². The largest absolute Gasteiger partial charge is 0.497 e. The zero-order chi connectivity index (χ0) is 14.0. The van der Waals surface area contributed by atoms with Crippen LogP contribution in [0.25, 0.3) is 0 Å². The van der Waals surface area contributed by atoms with Gasteiger partial charge in [0.25, 0.3) is 0 Å². The second-order valence-corrected chi connectivity index (χ2v) is 5.01. The summed E-state index contributed by atoms with van der Waals surface area (Å²) in [6.45, 7) is 4.07. The number of likely N-dealkylation sites (tertiary alicyclic amines) is 1. The standard InChI is InChI=1S/C15H19NO3/c1-10(12-4-6-14(19-3)7-5-12)16-9-13(11(2)17)8-15(16)18/h4-7,10,13H,8-9H2,1-3H3/t10-,13?/m1/s1. The minimum absolute atomic E-state index is 0.0113. The fourth-order valence-electron chi connectivity index (χ4n) is 2.44. The molecule has 1 heterocycles. The predicted octanol–water partition coefficient (Wildman–Crippen LogP) is 2.19. The number of carbonyl (C=O) groups is 2. The molecule has 102 valence electrons. The SMILES string of the molecule is COc1ccc([C@@H](C)N2CC(C(C)=O)CC2=O)cc1. The molecule has 4 heteroatoms. The monoisotopic (exact) mass is 261 g/mol. The quantitative estimate of drug-likeness (QED) is 0.834. The highest BCUT2D eigenvalue weighted by atomic mass is 16.5. The molecule has 1 aliphatic heterocycles. The van der Waals surface area contributed by atoms with Gasteiger partial charge in [-0.3, -0.25) is 9.59 Å². The number of hydrogen-bond donors (Lipinski definition) is 0. The van der Waals surface area contributed by atoms with Crippen LogP contribution in [0, 0.1) is 5.92 Å². The molecule has 1 aromatic rings. The maximum Gasteiger partial charge on any atom is 0.223 e. The minimum Gasteiger partial charge on any atom is -0.497 e. The molecule has 0 bridgehead atoms. The molecule has 1 saturated heterocycles. The summed E-state index contributed by atoms with van der Waals surface area (Å²) in [7, 11) is 1.62. The van der Waals surface area contributed by atoms with Crippen molar-refractivity contribution in [2.45, 2.75) is 26.3 Å². The first-order valence-corrected chi connectivity index (χ1v) is 6.46. The summed E-state index contributed by atoms with van der Waals surface area (Å²) in [6.07, 6.45) is 0.343. The fraction of sp³-hybridized carbons (Fsp3) is 0.467. The van der Waals surface area contributed by atoms with Gasteiger partial charge in [0.1, 0.15) is 11.5 Å². The number of amides is 1. The lowest BCUT2D eigenvalue weighted by Gasteiger charge is -2.25. The summed E-state index contributed by atoms with van der Waals surface area (Å²) in [5.74, 6) is 0.805. The molecule has 0 N–H and O–H groups in total. The van der Waals surface area contributed by atoms with Crippen LogP contribution in [0.15, 0.2) is 24.3 Å². The third-order valence-corrected chi connectivity index (χ3v) is 3.80. The van der Waals surface area contributed by atoms with Crippen LogP contribution < -0.4 is 4.74 Å². The number of methoxy groups -OCH3 is 1. The Morgan fingerprint density at radius 1 is 1.37 bits per heavy atom. The lowest BCUT2D eigenvalue weighted by Crippen LogP contribution is -2.29. The number of benzene rings is 1. The first kappa shape index (κ1) is 13.6. The predicted molar refractivity (Wildman–Crippen MR) is 71.9 cm³/mol. The Morgan fingerprint density at radius 2 is 2.00 bits per heavy atom. The van der Waals surface area contributed by atoms with E-state index in [1.54, 1.807) is 18.9 Å². The summed E-state index contributed by atoms with van der Waals surface area (Å²) in [5, 5.41) is 0. The molecule has 0 spiro atoms. The van der Waals surface area contributed by atoms with E-state index in [0.29, 0.717) is 13.0 Å². The second kappa shape index (κ2) is 5.43. The van der Waals surface area contributed by atoms with Gasteiger partial charge in [-0.25, -0.2) is 0 Å². The number of Topliss-reactive ketones (excluding diaryl/α,β-unsaturated/α-hetero) is 1. The summed E-state index contributed by atoms with van der Waals surface area (Å²) >= 11 is 0. The van der Waals surface area contributed by atoms with Gasteiger partial charge in [-0.1, -0.05) is 12.1 Å². The molecule has 2 rings (SSSR count). The van der Waals surface area contributed by atoms with Gasteiger partial charge in [-0.15, -0.1) is 0 Å². The van der Waals surface area contributed by atoms with Crippen LogP contribution in [-0.2, 0) is 9.59 Å². The smallest absolute Gasteiger partial charge is 0.223 e. The van der Waals surface area contributed by atoms with E-state index in [9.17, 15) is 9.59 Å².